The highest BCUT2D eigenvalue weighted by Crippen LogP contribution is 2.28. The first kappa shape index (κ1) is 15.0. The van der Waals surface area contributed by atoms with E-state index in [0.29, 0.717) is 12.1 Å². The molecule has 0 amide bonds. The fraction of sp³-hybridized carbons (Fsp3) is 0.286. The van der Waals surface area contributed by atoms with Gasteiger partial charge in [0, 0.05) is 23.5 Å². The van der Waals surface area contributed by atoms with Crippen LogP contribution in [0.2, 0.25) is 0 Å². The highest BCUT2D eigenvalue weighted by atomic mass is 32.1. The molecule has 6 heteroatoms. The molecule has 1 aromatic heterocycles. The summed E-state index contributed by atoms with van der Waals surface area (Å²) in [5, 5.41) is 13.6. The van der Waals surface area contributed by atoms with E-state index in [1.165, 1.54) is 17.4 Å². The van der Waals surface area contributed by atoms with E-state index >= 15 is 0 Å². The minimum Gasteiger partial charge on any atom is -0.386 e. The Balaban J connectivity index is 2.01. The molecule has 2 aromatic rings. The Morgan fingerprint density at radius 3 is 2.70 bits per heavy atom. The first-order valence-electron chi connectivity index (χ1n) is 6.07. The van der Waals surface area contributed by atoms with Gasteiger partial charge < -0.3 is 10.4 Å². The van der Waals surface area contributed by atoms with Gasteiger partial charge in [0.05, 0.1) is 0 Å². The van der Waals surface area contributed by atoms with E-state index in [4.69, 9.17) is 5.11 Å². The second-order valence-corrected chi connectivity index (χ2v) is 5.27. The van der Waals surface area contributed by atoms with Gasteiger partial charge in [-0.1, -0.05) is 12.1 Å². The first-order chi connectivity index (χ1) is 9.58. The second-order valence-electron chi connectivity index (χ2n) is 4.32. The van der Waals surface area contributed by atoms with Crippen LogP contribution in [0, 0.1) is 5.82 Å². The third-order valence-corrected chi connectivity index (χ3v) is 3.69. The van der Waals surface area contributed by atoms with Gasteiger partial charge in [-0.3, -0.25) is 0 Å². The van der Waals surface area contributed by atoms with Crippen molar-refractivity contribution in [3.63, 3.8) is 0 Å². The van der Waals surface area contributed by atoms with Crippen LogP contribution in [0.15, 0.2) is 35.7 Å². The first-order valence-corrected chi connectivity index (χ1v) is 6.95. The second kappa shape index (κ2) is 6.88. The third-order valence-electron chi connectivity index (χ3n) is 2.79. The van der Waals surface area contributed by atoms with E-state index in [1.807, 2.05) is 17.5 Å². The lowest BCUT2D eigenvalue weighted by atomic mass is 10.1. The standard InChI is InChI=1S/C14H14F3NOS/c15-11-4-3-9(7-18-8-12(19)14(16)17)6-10(11)13-2-1-5-20-13/h1-6,12,14,18-19H,7-8H2. The molecular weight excluding hydrogens is 287 g/mol. The van der Waals surface area contributed by atoms with Crippen LogP contribution < -0.4 is 5.32 Å². The highest BCUT2D eigenvalue weighted by Gasteiger charge is 2.15. The molecule has 20 heavy (non-hydrogen) atoms. The van der Waals surface area contributed by atoms with E-state index in [2.05, 4.69) is 5.32 Å². The Labute approximate surface area is 118 Å². The number of hydrogen-bond acceptors (Lipinski definition) is 3. The van der Waals surface area contributed by atoms with Crippen molar-refractivity contribution in [2.75, 3.05) is 6.54 Å². The summed E-state index contributed by atoms with van der Waals surface area (Å²) in [6.45, 7) is 0.0891. The van der Waals surface area contributed by atoms with E-state index in [9.17, 15) is 13.2 Å². The fourth-order valence-corrected chi connectivity index (χ4v) is 2.50. The van der Waals surface area contributed by atoms with Crippen LogP contribution in [-0.4, -0.2) is 24.2 Å². The quantitative estimate of drug-likeness (QED) is 0.858. The van der Waals surface area contributed by atoms with Crippen LogP contribution in [-0.2, 0) is 6.54 Å². The third kappa shape index (κ3) is 3.82. The summed E-state index contributed by atoms with van der Waals surface area (Å²) in [6, 6.07) is 8.29. The fourth-order valence-electron chi connectivity index (χ4n) is 1.76. The number of benzene rings is 1. The molecular formula is C14H14F3NOS. The molecule has 0 bridgehead atoms. The summed E-state index contributed by atoms with van der Waals surface area (Å²) in [5.74, 6) is -0.316. The summed E-state index contributed by atoms with van der Waals surface area (Å²) >= 11 is 1.43. The average Bonchev–Trinajstić information content (AvgIpc) is 2.94. The lowest BCUT2D eigenvalue weighted by molar-refractivity contribution is -0.00340. The van der Waals surface area contributed by atoms with Crippen molar-refractivity contribution in [3.05, 3.63) is 47.1 Å². The Morgan fingerprint density at radius 1 is 1.25 bits per heavy atom. The van der Waals surface area contributed by atoms with E-state index in [-0.39, 0.29) is 12.4 Å². The van der Waals surface area contributed by atoms with Crippen LogP contribution in [0.3, 0.4) is 0 Å². The minimum atomic E-state index is -2.77. The number of alkyl halides is 2. The van der Waals surface area contributed by atoms with Crippen molar-refractivity contribution < 1.29 is 18.3 Å². The molecule has 1 aromatic carbocycles. The summed E-state index contributed by atoms with van der Waals surface area (Å²) < 4.78 is 38.0. The van der Waals surface area contributed by atoms with E-state index in [1.54, 1.807) is 12.1 Å². The molecule has 2 N–H and O–H groups in total. The smallest absolute Gasteiger partial charge is 0.265 e. The maximum absolute atomic E-state index is 13.7. The largest absolute Gasteiger partial charge is 0.386 e. The number of thiophene rings is 1. The molecule has 1 unspecified atom stereocenters. The van der Waals surface area contributed by atoms with Gasteiger partial charge >= 0.3 is 0 Å². The molecule has 2 nitrogen and oxygen atoms in total. The molecule has 108 valence electrons. The van der Waals surface area contributed by atoms with Gasteiger partial charge in [0.15, 0.2) is 0 Å². The van der Waals surface area contributed by atoms with Crippen molar-refractivity contribution in [2.45, 2.75) is 19.1 Å². The SMILES string of the molecule is OC(CNCc1ccc(F)c(-c2cccs2)c1)C(F)F. The molecule has 0 aliphatic carbocycles. The summed E-state index contributed by atoms with van der Waals surface area (Å²) in [7, 11) is 0. The molecule has 0 saturated heterocycles. The van der Waals surface area contributed by atoms with Gasteiger partial charge in [0.25, 0.3) is 6.43 Å². The number of rotatable bonds is 6. The van der Waals surface area contributed by atoms with Crippen molar-refractivity contribution in [1.82, 2.24) is 5.32 Å². The monoisotopic (exact) mass is 301 g/mol. The Bertz CT molecular complexity index is 545. The summed E-state index contributed by atoms with van der Waals surface area (Å²) in [6.07, 6.45) is -4.45. The van der Waals surface area contributed by atoms with Gasteiger partial charge in [-0.2, -0.15) is 0 Å². The number of hydrogen-bond donors (Lipinski definition) is 2. The Kier molecular flexibility index (Phi) is 5.17. The lowest BCUT2D eigenvalue weighted by Crippen LogP contribution is -2.31. The van der Waals surface area contributed by atoms with Crippen LogP contribution >= 0.6 is 11.3 Å². The molecule has 0 radical (unpaired) electrons. The topological polar surface area (TPSA) is 32.3 Å². The summed E-state index contributed by atoms with van der Waals surface area (Å²) in [4.78, 5) is 0.817. The Hall–Kier alpha value is -1.37. The van der Waals surface area contributed by atoms with Crippen molar-refractivity contribution >= 4 is 11.3 Å². The number of aliphatic hydroxyl groups is 1. The van der Waals surface area contributed by atoms with Crippen LogP contribution in [0.25, 0.3) is 10.4 Å². The maximum Gasteiger partial charge on any atom is 0.265 e. The number of nitrogens with one attached hydrogen (secondary N) is 1. The van der Waals surface area contributed by atoms with Gasteiger partial charge in [0.1, 0.15) is 11.9 Å². The van der Waals surface area contributed by atoms with Crippen LogP contribution in [0.5, 0.6) is 0 Å². The summed E-state index contributed by atoms with van der Waals surface area (Å²) in [5.41, 5.74) is 1.27. The molecule has 0 aliphatic heterocycles. The normalized spacial score (nSPS) is 12.8. The molecule has 0 aliphatic rings. The van der Waals surface area contributed by atoms with Gasteiger partial charge in [0.2, 0.25) is 0 Å². The highest BCUT2D eigenvalue weighted by molar-refractivity contribution is 7.13. The van der Waals surface area contributed by atoms with E-state index in [0.717, 1.165) is 10.4 Å². The Morgan fingerprint density at radius 2 is 2.05 bits per heavy atom. The molecule has 1 atom stereocenters. The molecule has 1 heterocycles. The van der Waals surface area contributed by atoms with Gasteiger partial charge in [-0.25, -0.2) is 13.2 Å². The maximum atomic E-state index is 13.7. The average molecular weight is 301 g/mol. The zero-order valence-electron chi connectivity index (χ0n) is 10.5. The van der Waals surface area contributed by atoms with Crippen LogP contribution in [0.4, 0.5) is 13.2 Å². The van der Waals surface area contributed by atoms with Gasteiger partial charge in [-0.15, -0.1) is 11.3 Å². The van der Waals surface area contributed by atoms with E-state index < -0.39 is 12.5 Å². The molecule has 0 fully saturated rings. The minimum absolute atomic E-state index is 0.205. The van der Waals surface area contributed by atoms with Crippen molar-refractivity contribution in [1.29, 1.82) is 0 Å². The predicted octanol–water partition coefficient (Wildman–Crippen LogP) is 3.27. The number of halogens is 3. The van der Waals surface area contributed by atoms with Crippen LogP contribution in [0.1, 0.15) is 5.56 Å². The predicted molar refractivity (Wildman–Crippen MR) is 73.4 cm³/mol. The number of aliphatic hydroxyl groups excluding tert-OH is 1. The molecule has 0 saturated carbocycles. The van der Waals surface area contributed by atoms with Gasteiger partial charge in [-0.05, 0) is 29.1 Å². The zero-order valence-corrected chi connectivity index (χ0v) is 11.3. The molecule has 2 rings (SSSR count). The van der Waals surface area contributed by atoms with Crippen molar-refractivity contribution in [2.24, 2.45) is 0 Å². The zero-order chi connectivity index (χ0) is 14.5. The lowest BCUT2D eigenvalue weighted by Gasteiger charge is -2.11. The van der Waals surface area contributed by atoms with Crippen molar-refractivity contribution in [3.8, 4) is 10.4 Å². The molecule has 0 spiro atoms.